The molecular weight excluding hydrogens is 1230 g/mol. The highest BCUT2D eigenvalue weighted by atomic mass is 16.4. The summed E-state index contributed by atoms with van der Waals surface area (Å²) in [6.07, 6.45) is 0.520. The average molecular weight is 1330 g/mol. The van der Waals surface area contributed by atoms with Crippen LogP contribution in [0.15, 0.2) is 60.7 Å². The third-order valence-corrected chi connectivity index (χ3v) is 14.5. The van der Waals surface area contributed by atoms with Gasteiger partial charge >= 0.3 is 5.97 Å². The third kappa shape index (κ3) is 32.2. The van der Waals surface area contributed by atoms with Crippen LogP contribution in [0.25, 0.3) is 0 Å². The van der Waals surface area contributed by atoms with Crippen LogP contribution >= 0.6 is 0 Å². The summed E-state index contributed by atoms with van der Waals surface area (Å²) in [4.78, 5) is 197. The van der Waals surface area contributed by atoms with Crippen LogP contribution in [0, 0.1) is 23.7 Å². The lowest BCUT2D eigenvalue weighted by Gasteiger charge is -2.27. The SMILES string of the molecule is CC[C@H](C)[C@H](NC(=O)CNC(=O)[C@H](C)N)C(=O)NCC(=O)N[C@@H](C)C(=O)N[C@@H](CC(C)C)C(=O)N[C@@H](Cc1ccccc1)C(=O)N[C@@H](CC(C)C)C(=O)NCC(=O)N[C@@H](Cc1ccccc1)C(=O)N[C@@H](CC(C)C)C(=O)NCC(=O)N[C@@H](C)C(=O)N[C@@H](C)C(=O)NCC(=O)O. The Balaban J connectivity index is 2.25. The van der Waals surface area contributed by atoms with E-state index in [0.29, 0.717) is 17.5 Å². The molecule has 0 aliphatic carbocycles. The molecule has 0 aliphatic rings. The van der Waals surface area contributed by atoms with Crippen molar-refractivity contribution in [1.29, 1.82) is 0 Å². The van der Waals surface area contributed by atoms with E-state index in [0.717, 1.165) is 0 Å². The molecule has 31 nitrogen and oxygen atoms in total. The van der Waals surface area contributed by atoms with E-state index >= 15 is 0 Å². The molecule has 0 unspecified atom stereocenters. The molecule has 0 spiro atoms. The monoisotopic (exact) mass is 1330 g/mol. The van der Waals surface area contributed by atoms with Gasteiger partial charge in [0.05, 0.1) is 32.2 Å². The van der Waals surface area contributed by atoms with E-state index in [1.165, 1.54) is 27.7 Å². The molecule has 0 aliphatic heterocycles. The summed E-state index contributed by atoms with van der Waals surface area (Å²) in [7, 11) is 0. The quantitative estimate of drug-likeness (QED) is 0.0317. The topological polar surface area (TPSA) is 471 Å². The molecule has 526 valence electrons. The van der Waals surface area contributed by atoms with Gasteiger partial charge in [0, 0.05) is 12.8 Å². The molecule has 0 saturated carbocycles. The van der Waals surface area contributed by atoms with Gasteiger partial charge in [-0.05, 0) is 81.8 Å². The Labute approximate surface area is 554 Å². The summed E-state index contributed by atoms with van der Waals surface area (Å²) in [5.41, 5.74) is 6.76. The van der Waals surface area contributed by atoms with E-state index in [2.05, 4.69) is 74.4 Å². The molecule has 0 saturated heterocycles. The first kappa shape index (κ1) is 81.5. The van der Waals surface area contributed by atoms with Gasteiger partial charge in [-0.3, -0.25) is 71.9 Å². The molecule has 0 radical (unpaired) electrons. The Bertz CT molecular complexity index is 2950. The van der Waals surface area contributed by atoms with Crippen LogP contribution in [0.1, 0.15) is 120 Å². The smallest absolute Gasteiger partial charge is 0.322 e. The molecule has 95 heavy (non-hydrogen) atoms. The van der Waals surface area contributed by atoms with Crippen LogP contribution in [0.5, 0.6) is 0 Å². The Morgan fingerprint density at radius 3 is 1.06 bits per heavy atom. The second-order valence-corrected chi connectivity index (χ2v) is 24.6. The fourth-order valence-corrected chi connectivity index (χ4v) is 9.14. The number of aliphatic carboxylic acids is 1. The van der Waals surface area contributed by atoms with Crippen molar-refractivity contribution in [3.63, 3.8) is 0 Å². The van der Waals surface area contributed by atoms with Gasteiger partial charge in [-0.15, -0.1) is 0 Å². The maximum atomic E-state index is 14.4. The van der Waals surface area contributed by atoms with Gasteiger partial charge in [-0.2, -0.15) is 0 Å². The van der Waals surface area contributed by atoms with E-state index < -0.39 is 182 Å². The van der Waals surface area contributed by atoms with Crippen LogP contribution in [0.2, 0.25) is 0 Å². The van der Waals surface area contributed by atoms with Gasteiger partial charge in [0.1, 0.15) is 60.9 Å². The van der Waals surface area contributed by atoms with E-state index in [9.17, 15) is 71.9 Å². The number of rotatable bonds is 41. The highest BCUT2D eigenvalue weighted by molar-refractivity contribution is 5.99. The number of hydrogen-bond acceptors (Lipinski definition) is 16. The summed E-state index contributed by atoms with van der Waals surface area (Å²) < 4.78 is 0. The fourth-order valence-electron chi connectivity index (χ4n) is 9.14. The fraction of sp³-hybridized carbons (Fsp3) is 0.578. The van der Waals surface area contributed by atoms with Crippen LogP contribution in [0.3, 0.4) is 0 Å². The number of carboxylic acid groups (broad SMARTS) is 1. The second-order valence-electron chi connectivity index (χ2n) is 24.6. The molecule has 0 heterocycles. The predicted molar refractivity (Wildman–Crippen MR) is 349 cm³/mol. The van der Waals surface area contributed by atoms with Crippen molar-refractivity contribution in [1.82, 2.24) is 74.4 Å². The number of carbonyl (C=O) groups is 15. The Morgan fingerprint density at radius 2 is 0.663 bits per heavy atom. The number of hydrogen-bond donors (Lipinski definition) is 16. The van der Waals surface area contributed by atoms with Gasteiger partial charge in [-0.25, -0.2) is 0 Å². The number of nitrogens with one attached hydrogen (secondary N) is 14. The minimum atomic E-state index is -1.34. The molecule has 17 N–H and O–H groups in total. The Kier molecular flexibility index (Phi) is 36.0. The van der Waals surface area contributed by atoms with E-state index in [-0.39, 0.29) is 55.8 Å². The highest BCUT2D eigenvalue weighted by Crippen LogP contribution is 2.13. The molecule has 2 aromatic rings. The van der Waals surface area contributed by atoms with Crippen LogP contribution in [0.4, 0.5) is 0 Å². The minimum absolute atomic E-state index is 0.0563. The van der Waals surface area contributed by atoms with E-state index in [4.69, 9.17) is 10.8 Å². The lowest BCUT2D eigenvalue weighted by molar-refractivity contribution is -0.138. The standard InChI is InChI=1S/C64H99N15O16/c1-13-37(8)54(79-52(83)32-66-55(86)38(9)65)64(95)69-30-50(81)72-41(12)58(89)75-46(26-36(6)7)61(92)78-48(28-43-22-18-15-19-23-43)63(94)77-45(25-35(4)5)60(91)68-31-51(82)74-47(27-42-20-16-14-17-21-42)62(93)76-44(24-34(2)3)59(90)67-29-49(80)71-40(11)57(88)73-39(10)56(87)70-33-53(84)85/h14-23,34-41,44-48,54H,13,24-33,65H2,1-12H3,(H,66,86)(H,67,90)(H,68,91)(H,69,95)(H,70,87)(H,71,80)(H,72,81)(H,73,88)(H,74,82)(H,75,89)(H,76,93)(H,77,94)(H,78,92)(H,79,83)(H,84,85)/t37-,38-,39-,40-,41-,44-,45-,46-,47-,48-,54-/m0/s1. The van der Waals surface area contributed by atoms with Crippen molar-refractivity contribution in [2.75, 3.05) is 32.7 Å². The maximum absolute atomic E-state index is 14.4. The first-order chi connectivity index (χ1) is 44.6. The highest BCUT2D eigenvalue weighted by Gasteiger charge is 2.34. The summed E-state index contributed by atoms with van der Waals surface area (Å²) >= 11 is 0. The van der Waals surface area contributed by atoms with Crippen LogP contribution in [-0.4, -0.2) is 187 Å². The molecule has 2 rings (SSSR count). The van der Waals surface area contributed by atoms with Crippen molar-refractivity contribution in [2.45, 2.75) is 182 Å². The molecule has 11 atom stereocenters. The van der Waals surface area contributed by atoms with Crippen LogP contribution in [-0.2, 0) is 84.8 Å². The first-order valence-corrected chi connectivity index (χ1v) is 31.7. The Morgan fingerprint density at radius 1 is 0.347 bits per heavy atom. The molecule has 0 bridgehead atoms. The normalized spacial score (nSPS) is 14.5. The molecular formula is C64H99N15O16. The van der Waals surface area contributed by atoms with Gasteiger partial charge in [0.25, 0.3) is 0 Å². The van der Waals surface area contributed by atoms with E-state index in [1.807, 2.05) is 0 Å². The zero-order valence-electron chi connectivity index (χ0n) is 56.3. The molecule has 0 aromatic heterocycles. The maximum Gasteiger partial charge on any atom is 0.322 e. The van der Waals surface area contributed by atoms with Gasteiger partial charge in [0.2, 0.25) is 82.7 Å². The first-order valence-electron chi connectivity index (χ1n) is 31.7. The summed E-state index contributed by atoms with van der Waals surface area (Å²) in [5, 5.41) is 43.9. The molecule has 31 heteroatoms. The van der Waals surface area contributed by atoms with Crippen molar-refractivity contribution in [3.8, 4) is 0 Å². The summed E-state index contributed by atoms with van der Waals surface area (Å²) in [6.45, 7) is 16.6. The van der Waals surface area contributed by atoms with E-state index in [1.54, 1.807) is 116 Å². The zero-order valence-corrected chi connectivity index (χ0v) is 56.3. The third-order valence-electron chi connectivity index (χ3n) is 14.5. The lowest BCUT2D eigenvalue weighted by atomic mass is 9.98. The summed E-state index contributed by atoms with van der Waals surface area (Å²) in [6, 6.07) is 5.26. The van der Waals surface area contributed by atoms with Crippen molar-refractivity contribution >= 4 is 88.7 Å². The van der Waals surface area contributed by atoms with Crippen molar-refractivity contribution in [3.05, 3.63) is 71.8 Å². The van der Waals surface area contributed by atoms with Crippen molar-refractivity contribution in [2.24, 2.45) is 29.4 Å². The second kappa shape index (κ2) is 41.9. The number of carboxylic acids is 1. The van der Waals surface area contributed by atoms with Crippen molar-refractivity contribution < 1.29 is 77.0 Å². The number of carbonyl (C=O) groups excluding carboxylic acids is 14. The minimum Gasteiger partial charge on any atom is -0.480 e. The van der Waals surface area contributed by atoms with Gasteiger partial charge in [-0.1, -0.05) is 122 Å². The number of benzene rings is 2. The lowest BCUT2D eigenvalue weighted by Crippen LogP contribution is -2.59. The van der Waals surface area contributed by atoms with Crippen LogP contribution < -0.4 is 80.2 Å². The summed E-state index contributed by atoms with van der Waals surface area (Å²) in [5.74, 6) is -12.9. The number of nitrogens with two attached hydrogens (primary N) is 1. The molecule has 0 fully saturated rings. The van der Waals surface area contributed by atoms with Gasteiger partial charge < -0.3 is 85.3 Å². The Hall–Kier alpha value is -9.55. The number of amides is 14. The average Bonchev–Trinajstić information content (AvgIpc) is 1.12. The molecule has 2 aromatic carbocycles. The largest absolute Gasteiger partial charge is 0.480 e. The predicted octanol–water partition coefficient (Wildman–Crippen LogP) is -2.91. The van der Waals surface area contributed by atoms with Gasteiger partial charge in [0.15, 0.2) is 0 Å². The zero-order chi connectivity index (χ0) is 71.6. The molecule has 14 amide bonds.